The zero-order valence-corrected chi connectivity index (χ0v) is 16.3. The van der Waals surface area contributed by atoms with Gasteiger partial charge in [0, 0.05) is 12.1 Å². The second kappa shape index (κ2) is 10.1. The predicted octanol–water partition coefficient (Wildman–Crippen LogP) is 3.70. The SMILES string of the molecule is CC(NC(=O)c1ccccc1)C(=O)NCc1cccc(COc2ccccc2)c1. The van der Waals surface area contributed by atoms with Crippen molar-refractivity contribution in [1.82, 2.24) is 10.6 Å². The van der Waals surface area contributed by atoms with Gasteiger partial charge in [0.15, 0.2) is 0 Å². The van der Waals surface area contributed by atoms with Crippen LogP contribution in [0.1, 0.15) is 28.4 Å². The van der Waals surface area contributed by atoms with Gasteiger partial charge in [0.25, 0.3) is 5.91 Å². The summed E-state index contributed by atoms with van der Waals surface area (Å²) in [5, 5.41) is 5.57. The van der Waals surface area contributed by atoms with Gasteiger partial charge in [0.1, 0.15) is 18.4 Å². The minimum Gasteiger partial charge on any atom is -0.489 e. The first-order valence-electron chi connectivity index (χ1n) is 9.51. The van der Waals surface area contributed by atoms with E-state index in [1.807, 2.05) is 60.7 Å². The van der Waals surface area contributed by atoms with Crippen LogP contribution in [0.15, 0.2) is 84.9 Å². The molecule has 1 atom stereocenters. The number of para-hydroxylation sites is 1. The Labute approximate surface area is 170 Å². The highest BCUT2D eigenvalue weighted by atomic mass is 16.5. The van der Waals surface area contributed by atoms with Crippen molar-refractivity contribution in [3.63, 3.8) is 0 Å². The first-order valence-corrected chi connectivity index (χ1v) is 9.51. The molecule has 3 aromatic rings. The number of benzene rings is 3. The Morgan fingerprint density at radius 1 is 0.862 bits per heavy atom. The van der Waals surface area contributed by atoms with Gasteiger partial charge in [-0.05, 0) is 42.3 Å². The van der Waals surface area contributed by atoms with Gasteiger partial charge in [-0.1, -0.05) is 60.7 Å². The molecule has 1 unspecified atom stereocenters. The van der Waals surface area contributed by atoms with Crippen LogP contribution in [0.2, 0.25) is 0 Å². The Balaban J connectivity index is 1.48. The van der Waals surface area contributed by atoms with Crippen molar-refractivity contribution >= 4 is 11.8 Å². The zero-order chi connectivity index (χ0) is 20.5. The number of nitrogens with one attached hydrogen (secondary N) is 2. The van der Waals surface area contributed by atoms with Gasteiger partial charge >= 0.3 is 0 Å². The summed E-state index contributed by atoms with van der Waals surface area (Å²) < 4.78 is 5.76. The number of rotatable bonds is 8. The smallest absolute Gasteiger partial charge is 0.251 e. The molecule has 0 aromatic heterocycles. The molecule has 0 aliphatic carbocycles. The second-order valence-electron chi connectivity index (χ2n) is 6.70. The van der Waals surface area contributed by atoms with E-state index in [-0.39, 0.29) is 11.8 Å². The number of hydrogen-bond donors (Lipinski definition) is 2. The molecule has 0 heterocycles. The van der Waals surface area contributed by atoms with Crippen molar-refractivity contribution < 1.29 is 14.3 Å². The van der Waals surface area contributed by atoms with E-state index in [9.17, 15) is 9.59 Å². The summed E-state index contributed by atoms with van der Waals surface area (Å²) in [6.45, 7) is 2.50. The Kier molecular flexibility index (Phi) is 7.00. The van der Waals surface area contributed by atoms with Crippen LogP contribution >= 0.6 is 0 Å². The summed E-state index contributed by atoms with van der Waals surface area (Å²) in [5.41, 5.74) is 2.51. The third-order valence-electron chi connectivity index (χ3n) is 4.38. The molecule has 0 aliphatic heterocycles. The molecule has 3 rings (SSSR count). The largest absolute Gasteiger partial charge is 0.489 e. The zero-order valence-electron chi connectivity index (χ0n) is 16.3. The number of ether oxygens (including phenoxy) is 1. The molecule has 0 aliphatic rings. The summed E-state index contributed by atoms with van der Waals surface area (Å²) in [6.07, 6.45) is 0. The Hall–Kier alpha value is -3.60. The van der Waals surface area contributed by atoms with E-state index in [0.29, 0.717) is 18.7 Å². The van der Waals surface area contributed by atoms with Crippen molar-refractivity contribution in [1.29, 1.82) is 0 Å². The van der Waals surface area contributed by atoms with Gasteiger partial charge in [0.05, 0.1) is 0 Å². The summed E-state index contributed by atoms with van der Waals surface area (Å²) in [5.74, 6) is 0.308. The van der Waals surface area contributed by atoms with Gasteiger partial charge in [-0.3, -0.25) is 9.59 Å². The van der Waals surface area contributed by atoms with E-state index in [0.717, 1.165) is 16.9 Å². The monoisotopic (exact) mass is 388 g/mol. The summed E-state index contributed by atoms with van der Waals surface area (Å²) in [4.78, 5) is 24.5. The highest BCUT2D eigenvalue weighted by Crippen LogP contribution is 2.12. The molecule has 0 saturated carbocycles. The first kappa shape index (κ1) is 20.1. The quantitative estimate of drug-likeness (QED) is 0.618. The van der Waals surface area contributed by atoms with E-state index in [1.54, 1.807) is 31.2 Å². The lowest BCUT2D eigenvalue weighted by Crippen LogP contribution is -2.44. The lowest BCUT2D eigenvalue weighted by Gasteiger charge is -2.14. The van der Waals surface area contributed by atoms with Crippen molar-refractivity contribution in [2.45, 2.75) is 26.1 Å². The summed E-state index contributed by atoms with van der Waals surface area (Å²) in [7, 11) is 0. The molecule has 0 spiro atoms. The molecule has 2 N–H and O–H groups in total. The van der Waals surface area contributed by atoms with Crippen LogP contribution in [0.25, 0.3) is 0 Å². The van der Waals surface area contributed by atoms with Crippen molar-refractivity contribution in [2.24, 2.45) is 0 Å². The highest BCUT2D eigenvalue weighted by molar-refractivity contribution is 5.97. The molecule has 0 saturated heterocycles. The topological polar surface area (TPSA) is 67.4 Å². The maximum atomic E-state index is 12.3. The van der Waals surface area contributed by atoms with Crippen molar-refractivity contribution in [3.8, 4) is 5.75 Å². The molecule has 0 fully saturated rings. The van der Waals surface area contributed by atoms with E-state index < -0.39 is 6.04 Å². The molecular weight excluding hydrogens is 364 g/mol. The fourth-order valence-corrected chi connectivity index (χ4v) is 2.79. The normalized spacial score (nSPS) is 11.3. The molecule has 3 aromatic carbocycles. The standard InChI is InChI=1S/C24H24N2O3/c1-18(26-24(28)21-11-4-2-5-12-21)23(27)25-16-19-9-8-10-20(15-19)17-29-22-13-6-3-7-14-22/h2-15,18H,16-17H2,1H3,(H,25,27)(H,26,28). The molecule has 5 nitrogen and oxygen atoms in total. The molecule has 0 radical (unpaired) electrons. The lowest BCUT2D eigenvalue weighted by molar-refractivity contribution is -0.122. The molecule has 0 bridgehead atoms. The third-order valence-corrected chi connectivity index (χ3v) is 4.38. The van der Waals surface area contributed by atoms with Crippen LogP contribution in [0.4, 0.5) is 0 Å². The maximum absolute atomic E-state index is 12.3. The fraction of sp³-hybridized carbons (Fsp3) is 0.167. The molecule has 148 valence electrons. The first-order chi connectivity index (χ1) is 14.1. The van der Waals surface area contributed by atoms with Gasteiger partial charge in [-0.15, -0.1) is 0 Å². The van der Waals surface area contributed by atoms with Crippen LogP contribution in [0, 0.1) is 0 Å². The maximum Gasteiger partial charge on any atom is 0.251 e. The number of amides is 2. The van der Waals surface area contributed by atoms with Crippen LogP contribution in [-0.2, 0) is 17.9 Å². The van der Waals surface area contributed by atoms with Crippen LogP contribution in [-0.4, -0.2) is 17.9 Å². The number of carbonyl (C=O) groups excluding carboxylic acids is 2. The van der Waals surface area contributed by atoms with E-state index >= 15 is 0 Å². The minimum atomic E-state index is -0.632. The van der Waals surface area contributed by atoms with Crippen LogP contribution in [0.3, 0.4) is 0 Å². The molecular formula is C24H24N2O3. The minimum absolute atomic E-state index is 0.236. The van der Waals surface area contributed by atoms with E-state index in [1.165, 1.54) is 0 Å². The molecule has 29 heavy (non-hydrogen) atoms. The Morgan fingerprint density at radius 2 is 1.52 bits per heavy atom. The highest BCUT2D eigenvalue weighted by Gasteiger charge is 2.16. The summed E-state index contributed by atoms with van der Waals surface area (Å²) in [6, 6.07) is 25.7. The van der Waals surface area contributed by atoms with Crippen molar-refractivity contribution in [2.75, 3.05) is 0 Å². The average Bonchev–Trinajstić information content (AvgIpc) is 2.77. The van der Waals surface area contributed by atoms with Crippen LogP contribution < -0.4 is 15.4 Å². The Bertz CT molecular complexity index is 943. The van der Waals surface area contributed by atoms with Gasteiger partial charge in [-0.2, -0.15) is 0 Å². The van der Waals surface area contributed by atoms with Gasteiger partial charge in [0.2, 0.25) is 5.91 Å². The second-order valence-corrected chi connectivity index (χ2v) is 6.70. The lowest BCUT2D eigenvalue weighted by atomic mass is 10.1. The van der Waals surface area contributed by atoms with Crippen LogP contribution in [0.5, 0.6) is 5.75 Å². The average molecular weight is 388 g/mol. The van der Waals surface area contributed by atoms with E-state index in [4.69, 9.17) is 4.74 Å². The molecule has 2 amide bonds. The van der Waals surface area contributed by atoms with Crippen molar-refractivity contribution in [3.05, 3.63) is 102 Å². The predicted molar refractivity (Wildman–Crippen MR) is 112 cm³/mol. The number of hydrogen-bond acceptors (Lipinski definition) is 3. The Morgan fingerprint density at radius 3 is 2.24 bits per heavy atom. The van der Waals surface area contributed by atoms with Gasteiger partial charge in [-0.25, -0.2) is 0 Å². The fourth-order valence-electron chi connectivity index (χ4n) is 2.79. The van der Waals surface area contributed by atoms with E-state index in [2.05, 4.69) is 10.6 Å². The molecule has 5 heteroatoms. The summed E-state index contributed by atoms with van der Waals surface area (Å²) >= 11 is 0. The number of carbonyl (C=O) groups is 2. The van der Waals surface area contributed by atoms with Gasteiger partial charge < -0.3 is 15.4 Å². The third kappa shape index (κ3) is 6.21.